The molecule has 0 aromatic carbocycles. The Morgan fingerprint density at radius 2 is 1.52 bits per heavy atom. The highest BCUT2D eigenvalue weighted by Crippen LogP contribution is 2.74. The molecular weight excluding hydrogens is 728 g/mol. The van der Waals surface area contributed by atoms with Crippen LogP contribution in [0.1, 0.15) is 93.4 Å². The van der Waals surface area contributed by atoms with E-state index in [0.29, 0.717) is 32.1 Å². The fourth-order valence-electron chi connectivity index (χ4n) is 13.0. The highest BCUT2D eigenvalue weighted by molar-refractivity contribution is 6.03. The Labute approximate surface area is 329 Å². The Morgan fingerprint density at radius 1 is 0.839 bits per heavy atom. The number of methoxy groups -OCH3 is 1. The zero-order valence-corrected chi connectivity index (χ0v) is 34.1. The summed E-state index contributed by atoms with van der Waals surface area (Å²) < 4.78 is 30.4. The molecule has 0 spiro atoms. The second-order valence-electron chi connectivity index (χ2n) is 19.9. The van der Waals surface area contributed by atoms with Crippen molar-refractivity contribution in [2.45, 2.75) is 167 Å². The van der Waals surface area contributed by atoms with Crippen LogP contribution in [0.3, 0.4) is 0 Å². The number of rotatable bonds is 7. The Morgan fingerprint density at radius 3 is 2.16 bits per heavy atom. The van der Waals surface area contributed by atoms with Crippen molar-refractivity contribution in [2.75, 3.05) is 20.3 Å². The minimum absolute atomic E-state index is 0.0365. The van der Waals surface area contributed by atoms with Gasteiger partial charge in [0.1, 0.15) is 42.7 Å². The van der Waals surface area contributed by atoms with Gasteiger partial charge in [-0.25, -0.2) is 0 Å². The topological polar surface area (TPSA) is 225 Å². The van der Waals surface area contributed by atoms with Crippen LogP contribution in [0.2, 0.25) is 0 Å². The maximum absolute atomic E-state index is 14.6. The van der Waals surface area contributed by atoms with E-state index in [4.69, 9.17) is 23.7 Å². The molecule has 0 radical (unpaired) electrons. The first-order valence-electron chi connectivity index (χ1n) is 20.6. The normalized spacial score (nSPS) is 53.0. The third-order valence-electron chi connectivity index (χ3n) is 16.4. The summed E-state index contributed by atoms with van der Waals surface area (Å²) in [5.74, 6) is -0.585. The number of ketones is 1. The SMILES string of the molecule is CO[C@@H]1C=C2[C@@H]3CC(C)(C)CCC3=C(O)C(=O)[C@@]2(C)[C@]2(C)CC[C@H]3[C@](C)(CO)[C@@H](O[C@@H]4O[C@H](C)[C@H](O)[C@H](O[C@@H]5O[C@H](CO)[C@@H](O)[C@H](O)[C@H]5O)[C@H]4O)CC[C@]3(C)[C@@H]12. The van der Waals surface area contributed by atoms with Gasteiger partial charge < -0.3 is 64.5 Å². The number of carbonyl (C=O) groups is 1. The van der Waals surface area contributed by atoms with E-state index in [1.807, 2.05) is 13.8 Å². The van der Waals surface area contributed by atoms with Crippen molar-refractivity contribution in [3.8, 4) is 0 Å². The van der Waals surface area contributed by atoms with Gasteiger partial charge >= 0.3 is 0 Å². The van der Waals surface area contributed by atoms with E-state index in [9.17, 15) is 45.6 Å². The summed E-state index contributed by atoms with van der Waals surface area (Å²) in [6.07, 6.45) is -8.51. The van der Waals surface area contributed by atoms with E-state index in [2.05, 4.69) is 33.8 Å². The maximum atomic E-state index is 14.6. The van der Waals surface area contributed by atoms with E-state index in [0.717, 1.165) is 24.0 Å². The van der Waals surface area contributed by atoms with Gasteiger partial charge in [0, 0.05) is 24.4 Å². The van der Waals surface area contributed by atoms with Gasteiger partial charge in [-0.1, -0.05) is 40.7 Å². The number of Topliss-reactive ketones (excluding diaryl/α,β-unsaturated/α-hetero) is 1. The second kappa shape index (κ2) is 14.6. The molecule has 0 aromatic heterocycles. The molecule has 0 unspecified atom stereocenters. The largest absolute Gasteiger partial charge is 0.504 e. The first-order chi connectivity index (χ1) is 26.1. The van der Waals surface area contributed by atoms with Gasteiger partial charge in [-0.05, 0) is 92.1 Å². The standard InChI is InChI=1S/C42H66O14/c1-19-27(45)33(56-36-31(49)30(48)29(47)24(17-43)54-36)32(50)37(53-19)55-26-11-13-39(4)25(40(26,5)18-44)10-14-41(6)34(39)23(52-8)15-22-21-16-38(2,3)12-9-20(21)28(46)35(51)42(22,41)7/h15,19,21,23-27,29-34,36-37,43-50H,9-14,16-18H2,1-8H3/t19-,21-,23-,24-,25-,26+,27+,29-,30+,31-,32-,33+,34-,36+,37+,39+,40+,41-,42+/m1/s1. The molecule has 2 aliphatic heterocycles. The predicted molar refractivity (Wildman–Crippen MR) is 199 cm³/mol. The van der Waals surface area contributed by atoms with Crippen LogP contribution >= 0.6 is 0 Å². The Balaban J connectivity index is 1.17. The maximum Gasteiger partial charge on any atom is 0.207 e. The quantitative estimate of drug-likeness (QED) is 0.137. The van der Waals surface area contributed by atoms with Crippen LogP contribution in [0, 0.1) is 44.8 Å². The third kappa shape index (κ3) is 6.06. The average Bonchev–Trinajstić information content (AvgIpc) is 3.15. The summed E-state index contributed by atoms with van der Waals surface area (Å²) in [5, 5.41) is 86.5. The van der Waals surface area contributed by atoms with Gasteiger partial charge in [0.05, 0.1) is 36.9 Å². The fourth-order valence-corrected chi connectivity index (χ4v) is 13.0. The van der Waals surface area contributed by atoms with E-state index in [-0.39, 0.29) is 47.4 Å². The van der Waals surface area contributed by atoms with Crippen LogP contribution in [0.4, 0.5) is 0 Å². The number of fused-ring (bicyclic) bond motifs is 7. The molecule has 7 rings (SSSR count). The molecule has 8 N–H and O–H groups in total. The molecule has 5 fully saturated rings. The summed E-state index contributed by atoms with van der Waals surface area (Å²) in [6.45, 7) is 13.6. The minimum Gasteiger partial charge on any atom is -0.504 e. The van der Waals surface area contributed by atoms with Crippen molar-refractivity contribution in [1.29, 1.82) is 0 Å². The average molecular weight is 795 g/mol. The number of carbonyl (C=O) groups excluding carboxylic acids is 1. The molecule has 5 aliphatic carbocycles. The van der Waals surface area contributed by atoms with Crippen LogP contribution in [0.25, 0.3) is 0 Å². The zero-order valence-electron chi connectivity index (χ0n) is 34.1. The lowest BCUT2D eigenvalue weighted by molar-refractivity contribution is -0.367. The lowest BCUT2D eigenvalue weighted by Gasteiger charge is -2.70. The van der Waals surface area contributed by atoms with Gasteiger partial charge in [-0.3, -0.25) is 4.79 Å². The van der Waals surface area contributed by atoms with Gasteiger partial charge in [-0.2, -0.15) is 0 Å². The molecule has 3 saturated carbocycles. The molecular formula is C42H66O14. The first-order valence-corrected chi connectivity index (χ1v) is 20.6. The molecule has 0 bridgehead atoms. The van der Waals surface area contributed by atoms with Crippen molar-refractivity contribution in [3.05, 3.63) is 23.0 Å². The van der Waals surface area contributed by atoms with E-state index >= 15 is 0 Å². The Hall–Kier alpha value is -1.53. The Bertz CT molecular complexity index is 1580. The molecule has 14 heteroatoms. The van der Waals surface area contributed by atoms with Crippen molar-refractivity contribution in [3.63, 3.8) is 0 Å². The van der Waals surface area contributed by atoms with E-state index in [1.54, 1.807) is 14.0 Å². The van der Waals surface area contributed by atoms with E-state index < -0.39 is 95.8 Å². The van der Waals surface area contributed by atoms with Crippen LogP contribution in [-0.4, -0.2) is 141 Å². The molecule has 56 heavy (non-hydrogen) atoms. The first kappa shape index (κ1) is 42.6. The lowest BCUT2D eigenvalue weighted by atomic mass is 9.34. The zero-order chi connectivity index (χ0) is 41.1. The van der Waals surface area contributed by atoms with Crippen molar-refractivity contribution in [1.82, 2.24) is 0 Å². The summed E-state index contributed by atoms with van der Waals surface area (Å²) in [6, 6.07) is 0. The highest BCUT2D eigenvalue weighted by Gasteiger charge is 2.72. The summed E-state index contributed by atoms with van der Waals surface area (Å²) in [4.78, 5) is 14.6. The number of ether oxygens (including phenoxy) is 5. The van der Waals surface area contributed by atoms with Gasteiger partial charge in [0.15, 0.2) is 18.3 Å². The monoisotopic (exact) mass is 794 g/mol. The number of hydrogen-bond acceptors (Lipinski definition) is 14. The molecule has 2 saturated heterocycles. The fraction of sp³-hybridized carbons (Fsp3) is 0.881. The Kier molecular flexibility index (Phi) is 11.1. The molecule has 19 atom stereocenters. The summed E-state index contributed by atoms with van der Waals surface area (Å²) >= 11 is 0. The molecule has 7 aliphatic rings. The number of aliphatic hydroxyl groups excluding tert-OH is 8. The van der Waals surface area contributed by atoms with Crippen LogP contribution in [0.15, 0.2) is 23.0 Å². The van der Waals surface area contributed by atoms with Crippen molar-refractivity contribution >= 4 is 5.78 Å². The van der Waals surface area contributed by atoms with Crippen molar-refractivity contribution < 1.29 is 69.3 Å². The van der Waals surface area contributed by atoms with Gasteiger partial charge in [0.2, 0.25) is 5.78 Å². The number of hydrogen-bond donors (Lipinski definition) is 8. The predicted octanol–water partition coefficient (Wildman–Crippen LogP) is 2.04. The number of allylic oxidation sites excluding steroid dienone is 3. The molecule has 318 valence electrons. The summed E-state index contributed by atoms with van der Waals surface area (Å²) in [7, 11) is 1.72. The molecule has 14 nitrogen and oxygen atoms in total. The van der Waals surface area contributed by atoms with Crippen LogP contribution in [0.5, 0.6) is 0 Å². The second-order valence-corrected chi connectivity index (χ2v) is 19.9. The molecule has 0 amide bonds. The van der Waals surface area contributed by atoms with Crippen LogP contribution < -0.4 is 0 Å². The molecule has 0 aromatic rings. The van der Waals surface area contributed by atoms with Crippen LogP contribution in [-0.2, 0) is 28.5 Å². The van der Waals surface area contributed by atoms with Gasteiger partial charge in [0.25, 0.3) is 0 Å². The number of aliphatic hydroxyl groups is 8. The smallest absolute Gasteiger partial charge is 0.207 e. The van der Waals surface area contributed by atoms with Gasteiger partial charge in [-0.15, -0.1) is 0 Å². The van der Waals surface area contributed by atoms with Crippen molar-refractivity contribution in [2.24, 2.45) is 44.8 Å². The lowest BCUT2D eigenvalue weighted by Crippen LogP contribution is -2.69. The minimum atomic E-state index is -1.75. The third-order valence-corrected chi connectivity index (χ3v) is 16.4. The summed E-state index contributed by atoms with van der Waals surface area (Å²) in [5.41, 5.74) is -0.873. The van der Waals surface area contributed by atoms with E-state index in [1.165, 1.54) is 0 Å². The molecule has 2 heterocycles. The highest BCUT2D eigenvalue weighted by atomic mass is 16.7.